The van der Waals surface area contributed by atoms with Crippen molar-refractivity contribution in [3.8, 4) is 5.13 Å². The van der Waals surface area contributed by atoms with E-state index < -0.39 is 0 Å². The number of nitrogens with zero attached hydrogens (tertiary/aromatic N) is 4. The first-order chi connectivity index (χ1) is 13.7. The van der Waals surface area contributed by atoms with Crippen LogP contribution in [-0.4, -0.2) is 33.8 Å². The lowest BCUT2D eigenvalue weighted by Gasteiger charge is -2.17. The molecule has 0 bridgehead atoms. The van der Waals surface area contributed by atoms with E-state index in [1.165, 1.54) is 42.6 Å². The summed E-state index contributed by atoms with van der Waals surface area (Å²) in [6.07, 6.45) is 7.80. The normalized spacial score (nSPS) is 14.7. The topological polar surface area (TPSA) is 63.1 Å². The molecule has 0 atom stereocenters. The molecule has 0 radical (unpaired) electrons. The van der Waals surface area contributed by atoms with E-state index >= 15 is 0 Å². The van der Waals surface area contributed by atoms with Gasteiger partial charge in [-0.3, -0.25) is 9.36 Å². The van der Waals surface area contributed by atoms with Crippen molar-refractivity contribution in [3.63, 3.8) is 0 Å². The van der Waals surface area contributed by atoms with Gasteiger partial charge in [0.2, 0.25) is 10.3 Å². The summed E-state index contributed by atoms with van der Waals surface area (Å²) in [4.78, 5) is 15.1. The summed E-state index contributed by atoms with van der Waals surface area (Å²) in [5, 5.41) is 13.4. The lowest BCUT2D eigenvalue weighted by Crippen LogP contribution is -2.23. The third-order valence-corrected chi connectivity index (χ3v) is 6.07. The molecular formula is C21H25N5OS. The Bertz CT molecular complexity index is 922. The number of benzene rings is 1. The van der Waals surface area contributed by atoms with E-state index in [2.05, 4.69) is 27.3 Å². The summed E-state index contributed by atoms with van der Waals surface area (Å²) < 4.78 is 1.81. The van der Waals surface area contributed by atoms with Crippen LogP contribution in [0.4, 0.5) is 10.8 Å². The van der Waals surface area contributed by atoms with Crippen molar-refractivity contribution >= 4 is 28.1 Å². The van der Waals surface area contributed by atoms with Gasteiger partial charge in [-0.05, 0) is 49.1 Å². The summed E-state index contributed by atoms with van der Waals surface area (Å²) >= 11 is 1.54. The number of amides is 1. The molecule has 0 aliphatic carbocycles. The molecule has 3 aromatic rings. The van der Waals surface area contributed by atoms with Gasteiger partial charge in [0, 0.05) is 25.0 Å². The molecule has 1 aliphatic rings. The molecule has 0 spiro atoms. The lowest BCUT2D eigenvalue weighted by molar-refractivity contribution is 0.102. The molecule has 1 N–H and O–H groups in total. The van der Waals surface area contributed by atoms with Gasteiger partial charge in [-0.1, -0.05) is 43.2 Å². The maximum atomic E-state index is 12.8. The molecule has 1 fully saturated rings. The van der Waals surface area contributed by atoms with Gasteiger partial charge in [0.25, 0.3) is 5.91 Å². The molecule has 4 rings (SSSR count). The average molecular weight is 396 g/mol. The standard InChI is InChI=1S/C21H25N5OS/c1-2-16-9-11-17(12-10-16)22-19(27)18-8-7-15-26(18)21-24-23-20(28-21)25-13-5-3-4-6-14-25/h7-12,15H,2-6,13-14H2,1H3,(H,22,27). The second-order valence-electron chi connectivity index (χ2n) is 7.04. The Balaban J connectivity index is 1.51. The van der Waals surface area contributed by atoms with E-state index in [0.29, 0.717) is 5.69 Å². The Morgan fingerprint density at radius 3 is 2.46 bits per heavy atom. The zero-order valence-corrected chi connectivity index (χ0v) is 16.9. The van der Waals surface area contributed by atoms with Gasteiger partial charge in [-0.25, -0.2) is 0 Å². The van der Waals surface area contributed by atoms with Crippen molar-refractivity contribution in [2.24, 2.45) is 0 Å². The third kappa shape index (κ3) is 4.09. The first-order valence-corrected chi connectivity index (χ1v) is 10.7. The SMILES string of the molecule is CCc1ccc(NC(=O)c2cccn2-c2nnc(N3CCCCCC3)s2)cc1. The van der Waals surface area contributed by atoms with Crippen LogP contribution in [0.5, 0.6) is 0 Å². The Kier molecular flexibility index (Phi) is 5.71. The number of carbonyl (C=O) groups excluding carboxylic acids is 1. The average Bonchev–Trinajstić information content (AvgIpc) is 3.32. The van der Waals surface area contributed by atoms with Crippen LogP contribution in [-0.2, 0) is 6.42 Å². The van der Waals surface area contributed by atoms with Crippen LogP contribution >= 0.6 is 11.3 Å². The number of carbonyl (C=O) groups is 1. The van der Waals surface area contributed by atoms with E-state index in [-0.39, 0.29) is 5.91 Å². The molecular weight excluding hydrogens is 370 g/mol. The quantitative estimate of drug-likeness (QED) is 0.690. The van der Waals surface area contributed by atoms with Crippen LogP contribution in [0.1, 0.15) is 48.7 Å². The minimum atomic E-state index is -0.152. The highest BCUT2D eigenvalue weighted by Gasteiger charge is 2.18. The fraction of sp³-hybridized carbons (Fsp3) is 0.381. The molecule has 1 aromatic carbocycles. The minimum absolute atomic E-state index is 0.152. The van der Waals surface area contributed by atoms with Crippen LogP contribution in [0.15, 0.2) is 42.6 Å². The second kappa shape index (κ2) is 8.56. The van der Waals surface area contributed by atoms with Gasteiger partial charge >= 0.3 is 0 Å². The van der Waals surface area contributed by atoms with Crippen molar-refractivity contribution in [1.82, 2.24) is 14.8 Å². The molecule has 0 saturated carbocycles. The van der Waals surface area contributed by atoms with E-state index in [1.54, 1.807) is 0 Å². The number of aromatic nitrogens is 3. The molecule has 28 heavy (non-hydrogen) atoms. The van der Waals surface area contributed by atoms with Crippen molar-refractivity contribution in [2.75, 3.05) is 23.3 Å². The van der Waals surface area contributed by atoms with E-state index in [0.717, 1.165) is 35.5 Å². The molecule has 1 aliphatic heterocycles. The molecule has 1 amide bonds. The highest BCUT2D eigenvalue weighted by molar-refractivity contribution is 7.17. The zero-order chi connectivity index (χ0) is 19.3. The largest absolute Gasteiger partial charge is 0.347 e. The van der Waals surface area contributed by atoms with Crippen LogP contribution < -0.4 is 10.2 Å². The molecule has 3 heterocycles. The fourth-order valence-electron chi connectivity index (χ4n) is 3.45. The Labute approximate surface area is 169 Å². The van der Waals surface area contributed by atoms with Crippen LogP contribution in [0, 0.1) is 0 Å². The summed E-state index contributed by atoms with van der Waals surface area (Å²) in [5.41, 5.74) is 2.59. The van der Waals surface area contributed by atoms with Crippen LogP contribution in [0.3, 0.4) is 0 Å². The van der Waals surface area contributed by atoms with Crippen LogP contribution in [0.2, 0.25) is 0 Å². The van der Waals surface area contributed by atoms with Gasteiger partial charge in [-0.15, -0.1) is 10.2 Å². The number of nitrogens with one attached hydrogen (secondary N) is 1. The number of hydrogen-bond acceptors (Lipinski definition) is 5. The first-order valence-electron chi connectivity index (χ1n) is 9.91. The highest BCUT2D eigenvalue weighted by atomic mass is 32.1. The van der Waals surface area contributed by atoms with Gasteiger partial charge in [0.1, 0.15) is 5.69 Å². The van der Waals surface area contributed by atoms with E-state index in [4.69, 9.17) is 0 Å². The minimum Gasteiger partial charge on any atom is -0.347 e. The van der Waals surface area contributed by atoms with Gasteiger partial charge in [0.15, 0.2) is 0 Å². The third-order valence-electron chi connectivity index (χ3n) is 5.09. The Morgan fingerprint density at radius 1 is 1.04 bits per heavy atom. The maximum Gasteiger partial charge on any atom is 0.272 e. The van der Waals surface area contributed by atoms with Gasteiger partial charge in [0.05, 0.1) is 0 Å². The monoisotopic (exact) mass is 395 g/mol. The number of hydrogen-bond donors (Lipinski definition) is 1. The molecule has 146 valence electrons. The Morgan fingerprint density at radius 2 is 1.75 bits per heavy atom. The predicted molar refractivity (Wildman–Crippen MR) is 114 cm³/mol. The fourth-order valence-corrected chi connectivity index (χ4v) is 4.34. The molecule has 7 heteroatoms. The molecule has 2 aromatic heterocycles. The summed E-state index contributed by atoms with van der Waals surface area (Å²) in [7, 11) is 0. The number of aryl methyl sites for hydroxylation is 1. The highest BCUT2D eigenvalue weighted by Crippen LogP contribution is 2.27. The molecule has 1 saturated heterocycles. The van der Waals surface area contributed by atoms with Crippen molar-refractivity contribution < 1.29 is 4.79 Å². The predicted octanol–water partition coefficient (Wildman–Crippen LogP) is 4.52. The van der Waals surface area contributed by atoms with Gasteiger partial charge < -0.3 is 10.2 Å². The van der Waals surface area contributed by atoms with Crippen molar-refractivity contribution in [2.45, 2.75) is 39.0 Å². The van der Waals surface area contributed by atoms with Crippen molar-refractivity contribution in [1.29, 1.82) is 0 Å². The summed E-state index contributed by atoms with van der Waals surface area (Å²) in [6.45, 7) is 4.17. The summed E-state index contributed by atoms with van der Waals surface area (Å²) in [6, 6.07) is 11.6. The molecule has 0 unspecified atom stereocenters. The zero-order valence-electron chi connectivity index (χ0n) is 16.1. The number of anilines is 2. The lowest BCUT2D eigenvalue weighted by atomic mass is 10.1. The number of rotatable bonds is 5. The van der Waals surface area contributed by atoms with Crippen molar-refractivity contribution in [3.05, 3.63) is 53.9 Å². The molecule has 6 nitrogen and oxygen atoms in total. The van der Waals surface area contributed by atoms with Crippen LogP contribution in [0.25, 0.3) is 5.13 Å². The van der Waals surface area contributed by atoms with Gasteiger partial charge in [-0.2, -0.15) is 0 Å². The van der Waals surface area contributed by atoms with E-state index in [1.807, 2.05) is 47.2 Å². The first kappa shape index (κ1) is 18.7. The smallest absolute Gasteiger partial charge is 0.272 e. The second-order valence-corrected chi connectivity index (χ2v) is 7.97. The Hall–Kier alpha value is -2.67. The van der Waals surface area contributed by atoms with E-state index in [9.17, 15) is 4.79 Å². The summed E-state index contributed by atoms with van der Waals surface area (Å²) in [5.74, 6) is -0.152. The maximum absolute atomic E-state index is 12.8.